The van der Waals surface area contributed by atoms with Crippen molar-refractivity contribution in [3.8, 4) is 5.75 Å². The number of hydrogen-bond acceptors (Lipinski definition) is 3. The molecule has 0 aliphatic carbocycles. The third-order valence-electron chi connectivity index (χ3n) is 4.40. The van der Waals surface area contributed by atoms with E-state index in [0.29, 0.717) is 6.61 Å². The minimum Gasteiger partial charge on any atom is -0.489 e. The summed E-state index contributed by atoms with van der Waals surface area (Å²) in [7, 11) is 0. The first-order chi connectivity index (χ1) is 12.6. The normalized spacial score (nSPS) is 10.3. The zero-order valence-electron chi connectivity index (χ0n) is 16.4. The molecule has 0 saturated heterocycles. The molecule has 158 valence electrons. The predicted molar refractivity (Wildman–Crippen MR) is 126 cm³/mol. The van der Waals surface area contributed by atoms with Gasteiger partial charge in [-0.15, -0.1) is 24.8 Å². The van der Waals surface area contributed by atoms with Crippen molar-refractivity contribution in [2.45, 2.75) is 33.4 Å². The second-order valence-corrected chi connectivity index (χ2v) is 7.03. The molecule has 0 fully saturated rings. The van der Waals surface area contributed by atoms with Gasteiger partial charge in [0.1, 0.15) is 12.4 Å². The Morgan fingerprint density at radius 3 is 2.36 bits per heavy atom. The summed E-state index contributed by atoms with van der Waals surface area (Å²) in [6.07, 6.45) is 1.12. The topological polar surface area (TPSA) is 24.5 Å². The first-order valence-corrected chi connectivity index (χ1v) is 9.97. The van der Waals surface area contributed by atoms with Crippen molar-refractivity contribution in [3.63, 3.8) is 0 Å². The minimum atomic E-state index is 0. The zero-order valence-corrected chi connectivity index (χ0v) is 19.6. The van der Waals surface area contributed by atoms with Crippen LogP contribution in [0, 0.1) is 0 Å². The lowest BCUT2D eigenvalue weighted by molar-refractivity contribution is 0.295. The molecule has 3 nitrogen and oxygen atoms in total. The number of nitrogens with one attached hydrogen (secondary N) is 1. The van der Waals surface area contributed by atoms with E-state index in [1.54, 1.807) is 0 Å². The molecule has 1 N–H and O–H groups in total. The molecular weight excluding hydrogens is 438 g/mol. The molecule has 0 unspecified atom stereocenters. The van der Waals surface area contributed by atoms with E-state index in [0.717, 1.165) is 66.1 Å². The van der Waals surface area contributed by atoms with E-state index in [2.05, 4.69) is 24.1 Å². The monoisotopic (exact) mass is 466 g/mol. The average Bonchev–Trinajstić information content (AvgIpc) is 2.65. The number of benzene rings is 2. The van der Waals surface area contributed by atoms with Gasteiger partial charge in [0, 0.05) is 27.7 Å². The minimum absolute atomic E-state index is 0. The SMILES string of the molecule is CCN(CC)CCCNCc1cc(Cl)ccc1OCc1ccccc1Cl.Cl.Cl. The third-order valence-corrected chi connectivity index (χ3v) is 5.01. The predicted octanol–water partition coefficient (Wildman–Crippen LogP) is 6.24. The number of rotatable bonds is 11. The van der Waals surface area contributed by atoms with Crippen molar-refractivity contribution in [2.75, 3.05) is 26.2 Å². The summed E-state index contributed by atoms with van der Waals surface area (Å²) in [5.41, 5.74) is 2.04. The molecule has 0 aromatic heterocycles. The Bertz CT molecular complexity index is 681. The Labute approximate surface area is 191 Å². The lowest BCUT2D eigenvalue weighted by Gasteiger charge is -2.18. The van der Waals surface area contributed by atoms with E-state index in [9.17, 15) is 0 Å². The van der Waals surface area contributed by atoms with Crippen LogP contribution >= 0.6 is 48.0 Å². The molecule has 0 aliphatic rings. The summed E-state index contributed by atoms with van der Waals surface area (Å²) in [4.78, 5) is 2.43. The van der Waals surface area contributed by atoms with Gasteiger partial charge in [0.05, 0.1) is 0 Å². The Morgan fingerprint density at radius 1 is 0.964 bits per heavy atom. The van der Waals surface area contributed by atoms with Gasteiger partial charge in [-0.3, -0.25) is 0 Å². The standard InChI is InChI=1S/C21H28Cl2N2O.2ClH/c1-3-25(4-2)13-7-12-24-15-18-14-19(22)10-11-21(18)26-16-17-8-5-6-9-20(17)23;;/h5-6,8-11,14,24H,3-4,7,12-13,15-16H2,1-2H3;2*1H. The Kier molecular flexibility index (Phi) is 14.8. The van der Waals surface area contributed by atoms with Crippen molar-refractivity contribution < 1.29 is 4.74 Å². The molecule has 7 heteroatoms. The molecule has 0 amide bonds. The number of hydrogen-bond donors (Lipinski definition) is 1. The Morgan fingerprint density at radius 2 is 1.68 bits per heavy atom. The molecule has 0 aliphatic heterocycles. The van der Waals surface area contributed by atoms with Crippen LogP contribution in [0.2, 0.25) is 10.0 Å². The fourth-order valence-corrected chi connectivity index (χ4v) is 3.17. The van der Waals surface area contributed by atoms with Gasteiger partial charge in [-0.25, -0.2) is 0 Å². The molecule has 0 saturated carbocycles. The summed E-state index contributed by atoms with van der Waals surface area (Å²) in [5.74, 6) is 0.838. The van der Waals surface area contributed by atoms with Gasteiger partial charge in [0.25, 0.3) is 0 Å². The van der Waals surface area contributed by atoms with Crippen LogP contribution < -0.4 is 10.1 Å². The molecule has 2 aromatic rings. The first-order valence-electron chi connectivity index (χ1n) is 9.21. The van der Waals surface area contributed by atoms with E-state index in [4.69, 9.17) is 27.9 Å². The molecule has 28 heavy (non-hydrogen) atoms. The highest BCUT2D eigenvalue weighted by molar-refractivity contribution is 6.31. The lowest BCUT2D eigenvalue weighted by atomic mass is 10.2. The molecule has 0 bridgehead atoms. The van der Waals surface area contributed by atoms with E-state index in [-0.39, 0.29) is 24.8 Å². The Hall–Kier alpha value is -0.680. The van der Waals surface area contributed by atoms with Crippen LogP contribution in [0.4, 0.5) is 0 Å². The van der Waals surface area contributed by atoms with Crippen LogP contribution in [0.5, 0.6) is 5.75 Å². The molecule has 2 aromatic carbocycles. The third kappa shape index (κ3) is 9.21. The molecule has 0 radical (unpaired) electrons. The van der Waals surface area contributed by atoms with Crippen molar-refractivity contribution in [1.29, 1.82) is 0 Å². The summed E-state index contributed by atoms with van der Waals surface area (Å²) in [5, 5.41) is 4.93. The van der Waals surface area contributed by atoms with Crippen molar-refractivity contribution in [1.82, 2.24) is 10.2 Å². The maximum absolute atomic E-state index is 6.21. The fourth-order valence-electron chi connectivity index (χ4n) is 2.79. The smallest absolute Gasteiger partial charge is 0.124 e. The van der Waals surface area contributed by atoms with E-state index in [1.807, 2.05) is 42.5 Å². The second-order valence-electron chi connectivity index (χ2n) is 6.19. The highest BCUT2D eigenvalue weighted by Crippen LogP contribution is 2.25. The van der Waals surface area contributed by atoms with E-state index < -0.39 is 0 Å². The van der Waals surface area contributed by atoms with Gasteiger partial charge in [0.15, 0.2) is 0 Å². The van der Waals surface area contributed by atoms with Crippen LogP contribution in [0.15, 0.2) is 42.5 Å². The maximum atomic E-state index is 6.21. The van der Waals surface area contributed by atoms with Gasteiger partial charge in [0.2, 0.25) is 0 Å². The van der Waals surface area contributed by atoms with Crippen molar-refractivity contribution >= 4 is 48.0 Å². The van der Waals surface area contributed by atoms with Crippen LogP contribution in [0.3, 0.4) is 0 Å². The lowest BCUT2D eigenvalue weighted by Crippen LogP contribution is -2.27. The van der Waals surface area contributed by atoms with Crippen LogP contribution in [0.1, 0.15) is 31.4 Å². The van der Waals surface area contributed by atoms with Gasteiger partial charge >= 0.3 is 0 Å². The Balaban J connectivity index is 0.00000364. The van der Waals surface area contributed by atoms with Gasteiger partial charge in [-0.05, 0) is 56.9 Å². The molecule has 0 atom stereocenters. The highest BCUT2D eigenvalue weighted by Gasteiger charge is 2.07. The van der Waals surface area contributed by atoms with Crippen LogP contribution in [-0.4, -0.2) is 31.1 Å². The van der Waals surface area contributed by atoms with E-state index in [1.165, 1.54) is 0 Å². The summed E-state index contributed by atoms with van der Waals surface area (Å²) >= 11 is 12.4. The summed E-state index contributed by atoms with van der Waals surface area (Å²) in [6, 6.07) is 13.5. The highest BCUT2D eigenvalue weighted by atomic mass is 35.5. The van der Waals surface area contributed by atoms with Gasteiger partial charge in [-0.2, -0.15) is 0 Å². The number of ether oxygens (including phenoxy) is 1. The quantitative estimate of drug-likeness (QED) is 0.396. The van der Waals surface area contributed by atoms with E-state index >= 15 is 0 Å². The molecule has 2 rings (SSSR count). The van der Waals surface area contributed by atoms with Gasteiger partial charge < -0.3 is 15.0 Å². The first kappa shape index (κ1) is 27.3. The number of halogens is 4. The zero-order chi connectivity index (χ0) is 18.8. The summed E-state index contributed by atoms with van der Waals surface area (Å²) in [6.45, 7) is 9.86. The summed E-state index contributed by atoms with van der Waals surface area (Å²) < 4.78 is 6.00. The van der Waals surface area contributed by atoms with Crippen molar-refractivity contribution in [3.05, 3.63) is 63.6 Å². The fraction of sp³-hybridized carbons (Fsp3) is 0.429. The molecule has 0 heterocycles. The number of nitrogens with zero attached hydrogens (tertiary/aromatic N) is 1. The second kappa shape index (κ2) is 15.2. The van der Waals surface area contributed by atoms with Gasteiger partial charge in [-0.1, -0.05) is 55.2 Å². The largest absolute Gasteiger partial charge is 0.489 e. The van der Waals surface area contributed by atoms with Crippen molar-refractivity contribution in [2.24, 2.45) is 0 Å². The van der Waals surface area contributed by atoms with Crippen LogP contribution in [-0.2, 0) is 13.2 Å². The molecular formula is C21H30Cl4N2O. The van der Waals surface area contributed by atoms with Crippen LogP contribution in [0.25, 0.3) is 0 Å². The molecule has 0 spiro atoms. The maximum Gasteiger partial charge on any atom is 0.124 e. The average molecular weight is 468 g/mol.